The number of ether oxygens (including phenoxy) is 1. The lowest BCUT2D eigenvalue weighted by atomic mass is 10.0. The van der Waals surface area contributed by atoms with Crippen molar-refractivity contribution in [2.75, 3.05) is 6.61 Å². The van der Waals surface area contributed by atoms with E-state index >= 15 is 0 Å². The number of hydrogen-bond donors (Lipinski definition) is 3. The lowest BCUT2D eigenvalue weighted by molar-refractivity contribution is -0.151. The van der Waals surface area contributed by atoms with Crippen LogP contribution in [-0.4, -0.2) is 46.9 Å². The highest BCUT2D eigenvalue weighted by Crippen LogP contribution is 2.17. The van der Waals surface area contributed by atoms with Gasteiger partial charge in [-0.25, -0.2) is 0 Å². The predicted octanol–water partition coefficient (Wildman–Crippen LogP) is 15.6. The second kappa shape index (κ2) is 49.1. The van der Waals surface area contributed by atoms with E-state index < -0.39 is 18.2 Å². The Balaban J connectivity index is 4.59. The number of esters is 1. The molecule has 0 radical (unpaired) electrons. The fraction of sp³-hybridized carbons (Fsp3) is 0.714. The predicted molar refractivity (Wildman–Crippen MR) is 268 cm³/mol. The zero-order valence-electron chi connectivity index (χ0n) is 40.5. The first-order valence-electron chi connectivity index (χ1n) is 25.9. The summed E-state index contributed by atoms with van der Waals surface area (Å²) in [7, 11) is 0. The molecule has 3 atom stereocenters. The fourth-order valence-electron chi connectivity index (χ4n) is 7.46. The van der Waals surface area contributed by atoms with E-state index in [1.807, 2.05) is 54.7 Å². The summed E-state index contributed by atoms with van der Waals surface area (Å²) in [6.07, 6.45) is 63.6. The zero-order valence-corrected chi connectivity index (χ0v) is 40.5. The molecular formula is C56H97NO5. The molecule has 3 N–H and O–H groups in total. The Morgan fingerprint density at radius 1 is 0.484 bits per heavy atom. The van der Waals surface area contributed by atoms with Gasteiger partial charge in [0.2, 0.25) is 5.91 Å². The van der Waals surface area contributed by atoms with Crippen molar-refractivity contribution in [2.24, 2.45) is 0 Å². The molecule has 0 heterocycles. The number of unbranched alkanes of at least 4 members (excludes halogenated alkanes) is 24. The van der Waals surface area contributed by atoms with Crippen LogP contribution in [-0.2, 0) is 14.3 Å². The molecule has 0 bridgehead atoms. The Labute approximate surface area is 383 Å². The van der Waals surface area contributed by atoms with Crippen LogP contribution in [0.15, 0.2) is 85.1 Å². The molecule has 0 aromatic heterocycles. The Morgan fingerprint density at radius 2 is 0.887 bits per heavy atom. The van der Waals surface area contributed by atoms with E-state index in [1.165, 1.54) is 103 Å². The highest BCUT2D eigenvalue weighted by Gasteiger charge is 2.24. The van der Waals surface area contributed by atoms with E-state index in [0.29, 0.717) is 19.3 Å². The van der Waals surface area contributed by atoms with E-state index in [0.717, 1.165) is 83.5 Å². The van der Waals surface area contributed by atoms with Crippen molar-refractivity contribution >= 4 is 11.9 Å². The summed E-state index contributed by atoms with van der Waals surface area (Å²) < 4.78 is 5.89. The van der Waals surface area contributed by atoms with E-state index in [-0.39, 0.29) is 24.9 Å². The van der Waals surface area contributed by atoms with Crippen molar-refractivity contribution in [1.29, 1.82) is 0 Å². The van der Waals surface area contributed by atoms with Crippen LogP contribution in [0.2, 0.25) is 0 Å². The van der Waals surface area contributed by atoms with Gasteiger partial charge in [-0.2, -0.15) is 0 Å². The van der Waals surface area contributed by atoms with Crippen LogP contribution in [0, 0.1) is 0 Å². The summed E-state index contributed by atoms with van der Waals surface area (Å²) >= 11 is 0. The molecule has 0 saturated heterocycles. The van der Waals surface area contributed by atoms with Gasteiger partial charge in [0.1, 0.15) is 6.10 Å². The number of aliphatic hydroxyl groups excluding tert-OH is 2. The summed E-state index contributed by atoms with van der Waals surface area (Å²) in [5, 5.41) is 23.8. The molecule has 356 valence electrons. The molecule has 1 amide bonds. The van der Waals surface area contributed by atoms with Crippen LogP contribution < -0.4 is 5.32 Å². The normalized spacial score (nSPS) is 14.0. The molecule has 3 unspecified atom stereocenters. The first kappa shape index (κ1) is 59.0. The minimum atomic E-state index is -0.803. The van der Waals surface area contributed by atoms with E-state index in [4.69, 9.17) is 4.74 Å². The van der Waals surface area contributed by atoms with Gasteiger partial charge in [0, 0.05) is 6.42 Å². The monoisotopic (exact) mass is 864 g/mol. The number of hydrogen-bond acceptors (Lipinski definition) is 5. The smallest absolute Gasteiger partial charge is 0.306 e. The zero-order chi connectivity index (χ0) is 45.2. The average molecular weight is 864 g/mol. The molecule has 0 saturated carbocycles. The second-order valence-corrected chi connectivity index (χ2v) is 17.3. The van der Waals surface area contributed by atoms with Crippen LogP contribution in [0.4, 0.5) is 0 Å². The third-order valence-electron chi connectivity index (χ3n) is 11.4. The Bertz CT molecular complexity index is 1200. The molecule has 0 fully saturated rings. The van der Waals surface area contributed by atoms with Gasteiger partial charge < -0.3 is 20.3 Å². The summed E-state index contributed by atoms with van der Waals surface area (Å²) in [4.78, 5) is 26.1. The molecule has 0 aliphatic heterocycles. The Hall–Kier alpha value is -2.96. The van der Waals surface area contributed by atoms with Gasteiger partial charge in [-0.3, -0.25) is 9.59 Å². The molecule has 0 spiro atoms. The molecule has 0 aromatic carbocycles. The van der Waals surface area contributed by atoms with Crippen LogP contribution >= 0.6 is 0 Å². The number of aliphatic hydroxyl groups is 2. The molecule has 62 heavy (non-hydrogen) atoms. The third-order valence-corrected chi connectivity index (χ3v) is 11.4. The van der Waals surface area contributed by atoms with Crippen molar-refractivity contribution in [3.8, 4) is 0 Å². The number of amides is 1. The molecule has 6 heteroatoms. The highest BCUT2D eigenvalue weighted by atomic mass is 16.5. The van der Waals surface area contributed by atoms with Crippen molar-refractivity contribution in [2.45, 2.75) is 251 Å². The standard InChI is InChI=1S/C56H97NO5/c1-4-7-10-13-16-19-22-24-26-28-30-32-34-37-40-43-46-49-56(61)62-52(47-44-41-38-35-21-18-15-12-9-6-3)50-55(60)57-53(51-58)54(59)48-45-42-39-36-33-31-29-27-25-23-20-17-14-11-8-5-2/h7,10,13,16,18-19,21-22,24,26,28,30,32,34,52-54,58-59H,4-6,8-9,11-12,14-15,17,20,23,25,27,29,31,33,35-51H2,1-3H3,(H,57,60)/b10-7-,16-13+,21-18-,22-19+,26-24-,30-28+,34-32+. The summed E-state index contributed by atoms with van der Waals surface area (Å²) in [5.74, 6) is -0.546. The first-order chi connectivity index (χ1) is 30.5. The van der Waals surface area contributed by atoms with E-state index in [2.05, 4.69) is 56.5 Å². The lowest BCUT2D eigenvalue weighted by Crippen LogP contribution is -2.46. The van der Waals surface area contributed by atoms with Crippen LogP contribution in [0.25, 0.3) is 0 Å². The summed E-state index contributed by atoms with van der Waals surface area (Å²) in [6, 6.07) is -0.719. The minimum absolute atomic E-state index is 0.0445. The SMILES string of the molecule is CC\C=C/C=C/C=C/C=C\C=C\C=C\CCCCCC(=O)OC(CCCCC/C=C\CCCCC)CC(=O)NC(CO)C(O)CCCCCCCCCCCCCCCCCC. The van der Waals surface area contributed by atoms with Crippen LogP contribution in [0.3, 0.4) is 0 Å². The number of nitrogens with one attached hydrogen (secondary N) is 1. The van der Waals surface area contributed by atoms with Crippen LogP contribution in [0.1, 0.15) is 233 Å². The summed E-state index contributed by atoms with van der Waals surface area (Å²) in [5.41, 5.74) is 0. The van der Waals surface area contributed by atoms with Gasteiger partial charge >= 0.3 is 5.97 Å². The van der Waals surface area contributed by atoms with Gasteiger partial charge in [0.15, 0.2) is 0 Å². The van der Waals surface area contributed by atoms with Gasteiger partial charge in [-0.15, -0.1) is 0 Å². The maximum Gasteiger partial charge on any atom is 0.306 e. The van der Waals surface area contributed by atoms with Gasteiger partial charge in [0.25, 0.3) is 0 Å². The minimum Gasteiger partial charge on any atom is -0.462 e. The molecule has 0 aliphatic carbocycles. The Kier molecular flexibility index (Phi) is 46.7. The molecule has 6 nitrogen and oxygen atoms in total. The second-order valence-electron chi connectivity index (χ2n) is 17.3. The van der Waals surface area contributed by atoms with Crippen molar-refractivity contribution < 1.29 is 24.5 Å². The van der Waals surface area contributed by atoms with Gasteiger partial charge in [0.05, 0.1) is 25.2 Å². The largest absolute Gasteiger partial charge is 0.462 e. The fourth-order valence-corrected chi connectivity index (χ4v) is 7.46. The van der Waals surface area contributed by atoms with Crippen molar-refractivity contribution in [1.82, 2.24) is 5.32 Å². The van der Waals surface area contributed by atoms with E-state index in [1.54, 1.807) is 0 Å². The lowest BCUT2D eigenvalue weighted by Gasteiger charge is -2.24. The topological polar surface area (TPSA) is 95.9 Å². The number of allylic oxidation sites excluding steroid dienone is 14. The average Bonchev–Trinajstić information content (AvgIpc) is 3.26. The number of carbonyl (C=O) groups excluding carboxylic acids is 2. The molecule has 0 rings (SSSR count). The Morgan fingerprint density at radius 3 is 1.40 bits per heavy atom. The van der Waals surface area contributed by atoms with Crippen molar-refractivity contribution in [3.05, 3.63) is 85.1 Å². The van der Waals surface area contributed by atoms with E-state index in [9.17, 15) is 19.8 Å². The maximum absolute atomic E-state index is 13.2. The molecule has 0 aromatic rings. The first-order valence-corrected chi connectivity index (χ1v) is 25.9. The number of carbonyl (C=O) groups is 2. The molecular weight excluding hydrogens is 767 g/mol. The molecule has 0 aliphatic rings. The van der Waals surface area contributed by atoms with Crippen LogP contribution in [0.5, 0.6) is 0 Å². The quantitative estimate of drug-likeness (QED) is 0.0245. The summed E-state index contributed by atoms with van der Waals surface area (Å²) in [6.45, 7) is 6.30. The maximum atomic E-state index is 13.2. The van der Waals surface area contributed by atoms with Crippen molar-refractivity contribution in [3.63, 3.8) is 0 Å². The number of rotatable bonds is 45. The van der Waals surface area contributed by atoms with Gasteiger partial charge in [-0.1, -0.05) is 234 Å². The highest BCUT2D eigenvalue weighted by molar-refractivity contribution is 5.77. The third kappa shape index (κ3) is 43.7. The van der Waals surface area contributed by atoms with Gasteiger partial charge in [-0.05, 0) is 70.6 Å².